The normalized spacial score (nSPS) is 15.3. The van der Waals surface area contributed by atoms with E-state index in [9.17, 15) is 10.1 Å². The Kier molecular flexibility index (Phi) is 6.03. The number of carbonyl (C=O) groups excluding carboxylic acids is 1. The summed E-state index contributed by atoms with van der Waals surface area (Å²) < 4.78 is 0. The number of pyridine rings is 1. The summed E-state index contributed by atoms with van der Waals surface area (Å²) in [5, 5.41) is 9.96. The number of amides is 1. The molecule has 0 spiro atoms. The fourth-order valence-electron chi connectivity index (χ4n) is 4.13. The summed E-state index contributed by atoms with van der Waals surface area (Å²) in [5.41, 5.74) is 3.75. The molecule has 1 saturated heterocycles. The van der Waals surface area contributed by atoms with E-state index in [1.807, 2.05) is 4.90 Å². The number of likely N-dealkylation sites (tertiary alicyclic amines) is 1. The van der Waals surface area contributed by atoms with Gasteiger partial charge in [-0.2, -0.15) is 5.26 Å². The largest absolute Gasteiger partial charge is 0.338 e. The van der Waals surface area contributed by atoms with Gasteiger partial charge in [0.1, 0.15) is 12.0 Å². The van der Waals surface area contributed by atoms with E-state index < -0.39 is 5.41 Å². The lowest BCUT2D eigenvalue weighted by Gasteiger charge is -2.37. The molecule has 1 aliphatic heterocycles. The molecule has 1 amide bonds. The first-order valence-corrected chi connectivity index (χ1v) is 10.6. The van der Waals surface area contributed by atoms with Crippen LogP contribution in [0.3, 0.4) is 0 Å². The third-order valence-electron chi connectivity index (χ3n) is 6.08. The van der Waals surface area contributed by atoms with Crippen LogP contribution < -0.4 is 0 Å². The van der Waals surface area contributed by atoms with Gasteiger partial charge in [0.25, 0.3) is 5.91 Å². The van der Waals surface area contributed by atoms with Crippen LogP contribution in [0.1, 0.15) is 41.3 Å². The maximum absolute atomic E-state index is 13.3. The van der Waals surface area contributed by atoms with Gasteiger partial charge in [0.15, 0.2) is 0 Å². The topological polar surface area (TPSA) is 82.8 Å². The van der Waals surface area contributed by atoms with E-state index in [0.29, 0.717) is 49.3 Å². The van der Waals surface area contributed by atoms with Gasteiger partial charge in [-0.15, -0.1) is 0 Å². The first kappa shape index (κ1) is 20.7. The molecule has 2 aromatic heterocycles. The Hall–Kier alpha value is -3.59. The lowest BCUT2D eigenvalue weighted by molar-refractivity contribution is 0.0647. The van der Waals surface area contributed by atoms with Gasteiger partial charge in [0.05, 0.1) is 22.7 Å². The SMILES string of the molecule is CCc1ccc(CC2(C#N)CCN(C(=O)c3cccnc3-c3ccncn3)CC2)cc1. The first-order chi connectivity index (χ1) is 15.1. The highest BCUT2D eigenvalue weighted by atomic mass is 16.2. The van der Waals surface area contributed by atoms with Crippen LogP contribution in [0.4, 0.5) is 0 Å². The van der Waals surface area contributed by atoms with E-state index in [0.717, 1.165) is 6.42 Å². The maximum Gasteiger partial charge on any atom is 0.256 e. The van der Waals surface area contributed by atoms with Crippen molar-refractivity contribution in [3.63, 3.8) is 0 Å². The molecule has 3 aromatic rings. The summed E-state index contributed by atoms with van der Waals surface area (Å²) in [5.74, 6) is -0.0689. The smallest absolute Gasteiger partial charge is 0.256 e. The molecular formula is C25H25N5O. The zero-order chi connectivity index (χ0) is 21.7. The molecule has 0 saturated carbocycles. The van der Waals surface area contributed by atoms with E-state index in [1.54, 1.807) is 30.6 Å². The first-order valence-electron chi connectivity index (χ1n) is 10.6. The van der Waals surface area contributed by atoms with Crippen molar-refractivity contribution in [2.75, 3.05) is 13.1 Å². The number of aromatic nitrogens is 3. The number of aryl methyl sites for hydroxylation is 1. The van der Waals surface area contributed by atoms with Crippen LogP contribution in [0.15, 0.2) is 61.2 Å². The Morgan fingerprint density at radius 1 is 1.06 bits per heavy atom. The summed E-state index contributed by atoms with van der Waals surface area (Å²) in [6.45, 7) is 3.24. The van der Waals surface area contributed by atoms with Gasteiger partial charge in [0, 0.05) is 25.5 Å². The second-order valence-corrected chi connectivity index (χ2v) is 8.03. The molecule has 0 N–H and O–H groups in total. The van der Waals surface area contributed by atoms with Crippen LogP contribution in [-0.4, -0.2) is 38.8 Å². The van der Waals surface area contributed by atoms with Gasteiger partial charge in [-0.3, -0.25) is 9.78 Å². The molecule has 0 atom stereocenters. The van der Waals surface area contributed by atoms with Gasteiger partial charge >= 0.3 is 0 Å². The highest BCUT2D eigenvalue weighted by Gasteiger charge is 2.37. The molecule has 0 bridgehead atoms. The van der Waals surface area contributed by atoms with Gasteiger partial charge in [-0.25, -0.2) is 9.97 Å². The molecule has 156 valence electrons. The monoisotopic (exact) mass is 411 g/mol. The number of hydrogen-bond acceptors (Lipinski definition) is 5. The van der Waals surface area contributed by atoms with Crippen molar-refractivity contribution in [3.05, 3.63) is 77.9 Å². The van der Waals surface area contributed by atoms with Crippen molar-refractivity contribution in [3.8, 4) is 17.5 Å². The van der Waals surface area contributed by atoms with Crippen LogP contribution in [-0.2, 0) is 12.8 Å². The van der Waals surface area contributed by atoms with Gasteiger partial charge in [-0.05, 0) is 55.0 Å². The summed E-state index contributed by atoms with van der Waals surface area (Å²) in [7, 11) is 0. The van der Waals surface area contributed by atoms with Crippen molar-refractivity contribution >= 4 is 5.91 Å². The fraction of sp³-hybridized carbons (Fsp3) is 0.320. The molecule has 3 heterocycles. The Labute approximate surface area is 182 Å². The van der Waals surface area contributed by atoms with Gasteiger partial charge < -0.3 is 4.90 Å². The van der Waals surface area contributed by atoms with Crippen molar-refractivity contribution < 1.29 is 4.79 Å². The van der Waals surface area contributed by atoms with E-state index in [2.05, 4.69) is 52.2 Å². The molecule has 0 unspecified atom stereocenters. The van der Waals surface area contributed by atoms with Crippen LogP contribution >= 0.6 is 0 Å². The summed E-state index contributed by atoms with van der Waals surface area (Å²) in [6, 6.07) is 16.4. The minimum absolute atomic E-state index is 0.0689. The number of rotatable bonds is 5. The second-order valence-electron chi connectivity index (χ2n) is 8.03. The molecule has 1 fully saturated rings. The maximum atomic E-state index is 13.3. The molecule has 0 aliphatic carbocycles. The molecule has 1 aliphatic rings. The van der Waals surface area contributed by atoms with Crippen molar-refractivity contribution in [1.29, 1.82) is 5.26 Å². The fourth-order valence-corrected chi connectivity index (χ4v) is 4.13. The molecule has 6 nitrogen and oxygen atoms in total. The Morgan fingerprint density at radius 2 is 1.81 bits per heavy atom. The van der Waals surface area contributed by atoms with E-state index in [-0.39, 0.29) is 5.91 Å². The molecule has 1 aromatic carbocycles. The lowest BCUT2D eigenvalue weighted by atomic mass is 9.75. The third kappa shape index (κ3) is 4.46. The van der Waals surface area contributed by atoms with E-state index >= 15 is 0 Å². The Morgan fingerprint density at radius 3 is 2.45 bits per heavy atom. The van der Waals surface area contributed by atoms with E-state index in [1.165, 1.54) is 17.5 Å². The number of nitrogens with zero attached hydrogens (tertiary/aromatic N) is 5. The molecule has 4 rings (SSSR count). The highest BCUT2D eigenvalue weighted by molar-refractivity contribution is 5.99. The zero-order valence-electron chi connectivity index (χ0n) is 17.7. The second kappa shape index (κ2) is 9.05. The summed E-state index contributed by atoms with van der Waals surface area (Å²) in [4.78, 5) is 27.7. The molecule has 6 heteroatoms. The van der Waals surface area contributed by atoms with Crippen molar-refractivity contribution in [2.24, 2.45) is 5.41 Å². The minimum atomic E-state index is -0.436. The van der Waals surface area contributed by atoms with Gasteiger partial charge in [0.2, 0.25) is 0 Å². The number of nitriles is 1. The predicted octanol–water partition coefficient (Wildman–Crippen LogP) is 4.09. The molecule has 0 radical (unpaired) electrons. The number of hydrogen-bond donors (Lipinski definition) is 0. The van der Waals surface area contributed by atoms with Crippen LogP contribution in [0.2, 0.25) is 0 Å². The minimum Gasteiger partial charge on any atom is -0.338 e. The van der Waals surface area contributed by atoms with Gasteiger partial charge in [-0.1, -0.05) is 31.2 Å². The Balaban J connectivity index is 1.48. The zero-order valence-corrected chi connectivity index (χ0v) is 17.7. The van der Waals surface area contributed by atoms with Crippen molar-refractivity contribution in [1.82, 2.24) is 19.9 Å². The van der Waals surface area contributed by atoms with Crippen LogP contribution in [0.5, 0.6) is 0 Å². The standard InChI is InChI=1S/C25H25N5O/c1-2-19-5-7-20(8-6-19)16-25(17-26)10-14-30(15-11-25)24(31)21-4-3-12-28-23(21)22-9-13-27-18-29-22/h3-9,12-13,18H,2,10-11,14-16H2,1H3. The lowest BCUT2D eigenvalue weighted by Crippen LogP contribution is -2.43. The summed E-state index contributed by atoms with van der Waals surface area (Å²) >= 11 is 0. The average molecular weight is 412 g/mol. The predicted molar refractivity (Wildman–Crippen MR) is 118 cm³/mol. The number of carbonyl (C=O) groups is 1. The number of piperidine rings is 1. The van der Waals surface area contributed by atoms with Crippen LogP contribution in [0.25, 0.3) is 11.4 Å². The molecular weight excluding hydrogens is 386 g/mol. The average Bonchev–Trinajstić information content (AvgIpc) is 2.85. The third-order valence-corrected chi connectivity index (χ3v) is 6.08. The quantitative estimate of drug-likeness (QED) is 0.631. The van der Waals surface area contributed by atoms with Crippen LogP contribution in [0, 0.1) is 16.7 Å². The Bertz CT molecular complexity index is 1080. The summed E-state index contributed by atoms with van der Waals surface area (Å²) in [6.07, 6.45) is 7.80. The highest BCUT2D eigenvalue weighted by Crippen LogP contribution is 2.35. The van der Waals surface area contributed by atoms with Crippen molar-refractivity contribution in [2.45, 2.75) is 32.6 Å². The van der Waals surface area contributed by atoms with E-state index in [4.69, 9.17) is 0 Å². The molecule has 31 heavy (non-hydrogen) atoms. The number of benzene rings is 1.